The average molecular weight is 416 g/mol. The van der Waals surface area contributed by atoms with Gasteiger partial charge in [0.2, 0.25) is 0 Å². The first kappa shape index (κ1) is 16.1. The smallest absolute Gasteiger partial charge is 0.265 e. The molecule has 0 spiro atoms. The van der Waals surface area contributed by atoms with Crippen molar-refractivity contribution in [2.75, 3.05) is 5.32 Å². The fourth-order valence-corrected chi connectivity index (χ4v) is 2.35. The molecular weight excluding hydrogens is 401 g/mol. The molecule has 0 bridgehead atoms. The van der Waals surface area contributed by atoms with Gasteiger partial charge in [0.25, 0.3) is 5.91 Å². The van der Waals surface area contributed by atoms with Crippen LogP contribution in [-0.4, -0.2) is 12.0 Å². The number of carbonyl (C=O) groups is 1. The van der Waals surface area contributed by atoms with E-state index in [1.807, 2.05) is 31.2 Å². The Bertz CT molecular complexity index is 643. The number of hydrogen-bond donors (Lipinski definition) is 1. The van der Waals surface area contributed by atoms with Gasteiger partial charge in [0.05, 0.1) is 0 Å². The number of aryl methyl sites for hydroxylation is 1. The van der Waals surface area contributed by atoms with Crippen molar-refractivity contribution >= 4 is 45.8 Å². The molecule has 0 aliphatic carbocycles. The number of anilines is 1. The molecule has 21 heavy (non-hydrogen) atoms. The summed E-state index contributed by atoms with van der Waals surface area (Å²) in [5, 5.41) is 3.48. The summed E-state index contributed by atoms with van der Waals surface area (Å²) >= 11 is 8.12. The first-order valence-corrected chi connectivity index (χ1v) is 7.90. The summed E-state index contributed by atoms with van der Waals surface area (Å²) in [5.41, 5.74) is 1.65. The summed E-state index contributed by atoms with van der Waals surface area (Å²) in [7, 11) is 0. The molecule has 0 unspecified atom stereocenters. The van der Waals surface area contributed by atoms with Crippen molar-refractivity contribution in [1.29, 1.82) is 0 Å². The highest BCUT2D eigenvalue weighted by Gasteiger charge is 2.15. The van der Waals surface area contributed by atoms with Crippen LogP contribution < -0.4 is 10.1 Å². The second-order valence-electron chi connectivity index (χ2n) is 4.67. The van der Waals surface area contributed by atoms with Gasteiger partial charge < -0.3 is 10.1 Å². The maximum absolute atomic E-state index is 12.1. The molecule has 0 aromatic heterocycles. The van der Waals surface area contributed by atoms with Gasteiger partial charge in [-0.15, -0.1) is 0 Å². The molecule has 3 nitrogen and oxygen atoms in total. The lowest BCUT2D eigenvalue weighted by Crippen LogP contribution is -2.30. The second kappa shape index (κ2) is 7.13. The van der Waals surface area contributed by atoms with E-state index >= 15 is 0 Å². The Morgan fingerprint density at radius 2 is 1.90 bits per heavy atom. The monoisotopic (exact) mass is 415 g/mol. The lowest BCUT2D eigenvalue weighted by Gasteiger charge is -2.16. The Morgan fingerprint density at radius 3 is 2.52 bits per heavy atom. The van der Waals surface area contributed by atoms with Gasteiger partial charge in [-0.25, -0.2) is 0 Å². The van der Waals surface area contributed by atoms with Crippen LogP contribution >= 0.6 is 34.2 Å². The highest BCUT2D eigenvalue weighted by molar-refractivity contribution is 14.1. The zero-order valence-electron chi connectivity index (χ0n) is 11.7. The van der Waals surface area contributed by atoms with Crippen molar-refractivity contribution in [3.05, 3.63) is 56.6 Å². The zero-order chi connectivity index (χ0) is 15.4. The molecule has 1 N–H and O–H groups in total. The van der Waals surface area contributed by atoms with Gasteiger partial charge >= 0.3 is 0 Å². The number of amides is 1. The van der Waals surface area contributed by atoms with Crippen LogP contribution in [-0.2, 0) is 4.79 Å². The minimum absolute atomic E-state index is 0.189. The Kier molecular flexibility index (Phi) is 5.47. The molecule has 110 valence electrons. The van der Waals surface area contributed by atoms with E-state index in [0.717, 1.165) is 14.8 Å². The zero-order valence-corrected chi connectivity index (χ0v) is 14.6. The minimum Gasteiger partial charge on any atom is -0.481 e. The van der Waals surface area contributed by atoms with E-state index in [2.05, 4.69) is 27.9 Å². The molecule has 0 heterocycles. The summed E-state index contributed by atoms with van der Waals surface area (Å²) in [4.78, 5) is 12.1. The van der Waals surface area contributed by atoms with Gasteiger partial charge in [-0.2, -0.15) is 0 Å². The van der Waals surface area contributed by atoms with E-state index in [-0.39, 0.29) is 5.91 Å². The fourth-order valence-electron chi connectivity index (χ4n) is 1.77. The van der Waals surface area contributed by atoms with Crippen LogP contribution in [0.2, 0.25) is 5.02 Å². The number of hydrogen-bond acceptors (Lipinski definition) is 2. The van der Waals surface area contributed by atoms with Crippen molar-refractivity contribution < 1.29 is 9.53 Å². The number of rotatable bonds is 4. The molecule has 0 saturated carbocycles. The van der Waals surface area contributed by atoms with Gasteiger partial charge in [-0.3, -0.25) is 4.79 Å². The second-order valence-corrected chi connectivity index (χ2v) is 6.35. The summed E-state index contributed by atoms with van der Waals surface area (Å²) in [6, 6.07) is 12.9. The van der Waals surface area contributed by atoms with Gasteiger partial charge in [0, 0.05) is 14.3 Å². The third kappa shape index (κ3) is 4.61. The first-order valence-electron chi connectivity index (χ1n) is 6.45. The van der Waals surface area contributed by atoms with E-state index in [1.165, 1.54) is 0 Å². The lowest BCUT2D eigenvalue weighted by molar-refractivity contribution is -0.122. The van der Waals surface area contributed by atoms with Crippen LogP contribution in [0.1, 0.15) is 12.5 Å². The Morgan fingerprint density at radius 1 is 1.24 bits per heavy atom. The number of carbonyl (C=O) groups excluding carboxylic acids is 1. The Hall–Kier alpha value is -1.27. The van der Waals surface area contributed by atoms with Gasteiger partial charge in [-0.1, -0.05) is 11.6 Å². The molecule has 0 saturated heterocycles. The summed E-state index contributed by atoms with van der Waals surface area (Å²) in [5.74, 6) is 0.468. The van der Waals surface area contributed by atoms with Crippen LogP contribution in [0.15, 0.2) is 42.5 Å². The van der Waals surface area contributed by atoms with Crippen LogP contribution in [0, 0.1) is 10.5 Å². The normalized spacial score (nSPS) is 11.8. The molecular formula is C16H15ClINO2. The van der Waals surface area contributed by atoms with Crippen LogP contribution in [0.4, 0.5) is 5.69 Å². The van der Waals surface area contributed by atoms with E-state index in [9.17, 15) is 4.79 Å². The predicted octanol–water partition coefficient (Wildman–Crippen LogP) is 4.66. The van der Waals surface area contributed by atoms with E-state index < -0.39 is 6.10 Å². The molecule has 0 radical (unpaired) electrons. The Labute approximate surface area is 142 Å². The quantitative estimate of drug-likeness (QED) is 0.738. The Balaban J connectivity index is 2.00. The average Bonchev–Trinajstić information content (AvgIpc) is 2.44. The van der Waals surface area contributed by atoms with E-state index in [0.29, 0.717) is 10.8 Å². The third-order valence-corrected chi connectivity index (χ3v) is 3.88. The van der Waals surface area contributed by atoms with Crippen LogP contribution in [0.5, 0.6) is 5.75 Å². The third-order valence-electron chi connectivity index (χ3n) is 2.92. The SMILES string of the molecule is Cc1cc(Cl)ccc1O[C@H](C)C(=O)Nc1ccc(I)cc1. The lowest BCUT2D eigenvalue weighted by atomic mass is 10.2. The summed E-state index contributed by atoms with van der Waals surface area (Å²) < 4.78 is 6.80. The maximum Gasteiger partial charge on any atom is 0.265 e. The van der Waals surface area contributed by atoms with Crippen molar-refractivity contribution in [3.8, 4) is 5.75 Å². The first-order chi connectivity index (χ1) is 9.95. The van der Waals surface area contributed by atoms with Gasteiger partial charge in [0.15, 0.2) is 6.10 Å². The highest BCUT2D eigenvalue weighted by atomic mass is 127. The van der Waals surface area contributed by atoms with Crippen molar-refractivity contribution in [1.82, 2.24) is 0 Å². The molecule has 0 aliphatic rings. The van der Waals surface area contributed by atoms with E-state index in [1.54, 1.807) is 25.1 Å². The molecule has 5 heteroatoms. The van der Waals surface area contributed by atoms with Crippen LogP contribution in [0.3, 0.4) is 0 Å². The summed E-state index contributed by atoms with van der Waals surface area (Å²) in [6.45, 7) is 3.61. The summed E-state index contributed by atoms with van der Waals surface area (Å²) in [6.07, 6.45) is -0.593. The largest absolute Gasteiger partial charge is 0.481 e. The van der Waals surface area contributed by atoms with Crippen LogP contribution in [0.25, 0.3) is 0 Å². The van der Waals surface area contributed by atoms with Crippen molar-refractivity contribution in [2.24, 2.45) is 0 Å². The number of ether oxygens (including phenoxy) is 1. The van der Waals surface area contributed by atoms with Crippen molar-refractivity contribution in [3.63, 3.8) is 0 Å². The van der Waals surface area contributed by atoms with Gasteiger partial charge in [-0.05, 0) is 84.5 Å². The molecule has 1 atom stereocenters. The predicted molar refractivity (Wildman–Crippen MR) is 94.1 cm³/mol. The van der Waals surface area contributed by atoms with Gasteiger partial charge in [0.1, 0.15) is 5.75 Å². The maximum atomic E-state index is 12.1. The molecule has 2 aromatic rings. The minimum atomic E-state index is -0.593. The number of halogens is 2. The molecule has 0 fully saturated rings. The molecule has 1 amide bonds. The topological polar surface area (TPSA) is 38.3 Å². The molecule has 2 aromatic carbocycles. The van der Waals surface area contributed by atoms with Crippen molar-refractivity contribution in [2.45, 2.75) is 20.0 Å². The fraction of sp³-hybridized carbons (Fsp3) is 0.188. The molecule has 2 rings (SSSR count). The number of benzene rings is 2. The molecule has 0 aliphatic heterocycles. The number of nitrogens with one attached hydrogen (secondary N) is 1. The highest BCUT2D eigenvalue weighted by Crippen LogP contribution is 2.23. The standard InChI is InChI=1S/C16H15ClINO2/c1-10-9-12(17)3-8-15(10)21-11(2)16(20)19-14-6-4-13(18)5-7-14/h3-9,11H,1-2H3,(H,19,20)/t11-/m1/s1. The van der Waals surface area contributed by atoms with E-state index in [4.69, 9.17) is 16.3 Å².